The van der Waals surface area contributed by atoms with E-state index in [1.807, 2.05) is 0 Å². The molecule has 0 unspecified atom stereocenters. The molecule has 0 rings (SSSR count). The van der Waals surface area contributed by atoms with E-state index in [-0.39, 0.29) is 598 Å². The monoisotopic (exact) mass is 1300 g/mol. The van der Waals surface area contributed by atoms with Gasteiger partial charge in [0.1, 0.15) is 0 Å². The molecule has 0 radical (unpaired) electrons. The molecule has 0 heterocycles. The maximum Gasteiger partial charge on any atom is 1.00 e. The van der Waals surface area contributed by atoms with E-state index >= 15 is 0 Å². The van der Waals surface area contributed by atoms with Crippen LogP contribution in [0.5, 0.6) is 0 Å². The molecule has 498 valence electrons. The van der Waals surface area contributed by atoms with Gasteiger partial charge in [0.25, 0.3) is 0 Å². The molecule has 0 aromatic heterocycles. The molecule has 0 aliphatic carbocycles. The Balaban J connectivity index is 0. The molecule has 61 nitrogen and oxygen atoms in total. The van der Waals surface area contributed by atoms with Crippen LogP contribution in [0, 0.1) is 0 Å². The van der Waals surface area contributed by atoms with Crippen LogP contribution in [0.2, 0.25) is 0 Å². The summed E-state index contributed by atoms with van der Waals surface area (Å²) in [4.78, 5) is 0. The first-order chi connectivity index (χ1) is 0. The van der Waals surface area contributed by atoms with Gasteiger partial charge in [-0.15, -0.1) is 0 Å². The summed E-state index contributed by atoms with van der Waals surface area (Å²) in [6, 6.07) is 0. The SMILES string of the molecule is O.O.O.O.O.O.O.O.O.O.O.O.O.O.O.O.O.O.O.O.O.O.O.O.O.O.O.O.O.O.O.O.O.O.O.O.O.O.O.O.O.O.O.O.O.O.O.O.O.O.O.O.O.O.O.O.O.O.O.O.O.[H-].[H-].[H-].[H-].[H-].[K+].[K+].[K+].[K+].[K+]. The third kappa shape index (κ3) is 10000. The van der Waals surface area contributed by atoms with Gasteiger partial charge in [0.2, 0.25) is 0 Å². The quantitative estimate of drug-likeness (QED) is 0.204. The molecule has 122 N–H and O–H groups in total. The van der Waals surface area contributed by atoms with Gasteiger partial charge in [-0.1, -0.05) is 0 Å². The summed E-state index contributed by atoms with van der Waals surface area (Å²) in [5.41, 5.74) is 0. The van der Waals surface area contributed by atoms with Crippen molar-refractivity contribution in [2.24, 2.45) is 0 Å². The van der Waals surface area contributed by atoms with Crippen LogP contribution in [0.4, 0.5) is 0 Å². The fourth-order valence-electron chi connectivity index (χ4n) is 0. The van der Waals surface area contributed by atoms with Gasteiger partial charge in [-0.05, 0) is 0 Å². The Hall–Kier alpha value is 5.74. The minimum Gasteiger partial charge on any atom is -1.00 e. The summed E-state index contributed by atoms with van der Waals surface area (Å²) < 4.78 is 0. The largest absolute Gasteiger partial charge is 1.00 e. The predicted octanol–water partition coefficient (Wildman–Crippen LogP) is -64.7. The second kappa shape index (κ2) is 10400. The average Bonchev–Trinajstić information content (AvgIpc) is 0. The molecule has 0 amide bonds. The van der Waals surface area contributed by atoms with Gasteiger partial charge in [-0.3, -0.25) is 0 Å². The zero-order chi connectivity index (χ0) is 0. The van der Waals surface area contributed by atoms with E-state index in [1.54, 1.807) is 0 Å². The molecule has 66 heavy (non-hydrogen) atoms. The van der Waals surface area contributed by atoms with Crippen LogP contribution in [0.3, 0.4) is 0 Å². The number of hydrogen-bond acceptors (Lipinski definition) is 0. The topological polar surface area (TPSA) is 1920 Å². The summed E-state index contributed by atoms with van der Waals surface area (Å²) >= 11 is 0. The van der Waals surface area contributed by atoms with Crippen molar-refractivity contribution in [2.45, 2.75) is 0 Å². The molecule has 0 bridgehead atoms. The third-order valence-electron chi connectivity index (χ3n) is 0. The van der Waals surface area contributed by atoms with Crippen molar-refractivity contribution in [2.75, 3.05) is 0 Å². The Bertz CT molecular complexity index is 51.6. The first-order valence-corrected chi connectivity index (χ1v) is 0. The van der Waals surface area contributed by atoms with Crippen LogP contribution in [0.15, 0.2) is 0 Å². The fraction of sp³-hybridized carbons (Fsp3) is 0. The van der Waals surface area contributed by atoms with E-state index in [0.29, 0.717) is 0 Å². The first-order valence-electron chi connectivity index (χ1n) is 0. The van der Waals surface area contributed by atoms with E-state index in [1.165, 1.54) is 0 Å². The first kappa shape index (κ1) is 10900. The van der Waals surface area contributed by atoms with Crippen LogP contribution < -0.4 is 257 Å². The summed E-state index contributed by atoms with van der Waals surface area (Å²) in [6.45, 7) is 0. The van der Waals surface area contributed by atoms with Gasteiger partial charge < -0.3 is 341 Å². The summed E-state index contributed by atoms with van der Waals surface area (Å²) in [5, 5.41) is 0. The maximum absolute atomic E-state index is 0. The van der Waals surface area contributed by atoms with Crippen LogP contribution in [0.25, 0.3) is 0 Å². The molecule has 0 saturated heterocycles. The molecular weight excluding hydrogens is 1170 g/mol. The van der Waals surface area contributed by atoms with Gasteiger partial charge in [0.05, 0.1) is 0 Å². The zero-order valence-corrected chi connectivity index (χ0v) is 51.1. The molecule has 0 aliphatic heterocycles. The van der Waals surface area contributed by atoms with Crippen molar-refractivity contribution < 1.29 is 598 Å². The minimum absolute atomic E-state index is 0. The number of hydrogen-bond donors (Lipinski definition) is 0. The predicted molar refractivity (Wildman–Crippen MR) is 226 cm³/mol. The van der Waals surface area contributed by atoms with Crippen LogP contribution in [0.1, 0.15) is 7.13 Å². The Kier molecular flexibility index (Phi) is 1720000. The van der Waals surface area contributed by atoms with Crippen molar-refractivity contribution in [3.8, 4) is 0 Å². The Morgan fingerprint density at radius 2 is 0.0455 bits per heavy atom. The van der Waals surface area contributed by atoms with E-state index in [2.05, 4.69) is 0 Å². The van der Waals surface area contributed by atoms with Gasteiger partial charge in [0.15, 0.2) is 0 Å². The Morgan fingerprint density at radius 1 is 0.0455 bits per heavy atom. The van der Waals surface area contributed by atoms with E-state index in [0.717, 1.165) is 0 Å². The average molecular weight is 1300 g/mol. The zero-order valence-electron chi connectivity index (χ0n) is 40.5. The van der Waals surface area contributed by atoms with E-state index in [4.69, 9.17) is 0 Å². The molecule has 0 fully saturated rings. The second-order valence-corrected chi connectivity index (χ2v) is 0. The van der Waals surface area contributed by atoms with Gasteiger partial charge in [-0.2, -0.15) is 0 Å². The van der Waals surface area contributed by atoms with E-state index < -0.39 is 0 Å². The molecular formula is H127K5O61. The minimum atomic E-state index is 0. The molecule has 0 atom stereocenters. The van der Waals surface area contributed by atoms with Crippen molar-refractivity contribution in [1.29, 1.82) is 0 Å². The van der Waals surface area contributed by atoms with Gasteiger partial charge >= 0.3 is 257 Å². The normalized spacial score (nSPS) is 0. The second-order valence-electron chi connectivity index (χ2n) is 0. The van der Waals surface area contributed by atoms with Crippen LogP contribution in [-0.4, -0.2) is 334 Å². The Morgan fingerprint density at radius 3 is 0.0455 bits per heavy atom. The Labute approximate surface area is 588 Å². The van der Waals surface area contributed by atoms with E-state index in [9.17, 15) is 0 Å². The third-order valence-corrected chi connectivity index (χ3v) is 0. The standard InChI is InChI=1S/5K.61H2O.5H/h;;;;;61*1H2;;;;;/q5*+1;;;;;;;;;;;;;;;;;;;;;;;;;;;;;;;;;;;;;;;;;;;;;;;;;;;;;;;;;;;;;;5*-1. The molecule has 0 aliphatic rings. The van der Waals surface area contributed by atoms with Gasteiger partial charge in [-0.25, -0.2) is 0 Å². The molecule has 0 aromatic rings. The molecule has 0 saturated carbocycles. The summed E-state index contributed by atoms with van der Waals surface area (Å²) in [5.74, 6) is 0. The van der Waals surface area contributed by atoms with Gasteiger partial charge in [0, 0.05) is 0 Å². The smallest absolute Gasteiger partial charge is 1.00 e. The van der Waals surface area contributed by atoms with Crippen molar-refractivity contribution in [3.05, 3.63) is 0 Å². The summed E-state index contributed by atoms with van der Waals surface area (Å²) in [7, 11) is 0. The molecule has 0 spiro atoms. The summed E-state index contributed by atoms with van der Waals surface area (Å²) in [6.07, 6.45) is 0. The van der Waals surface area contributed by atoms with Crippen LogP contribution in [-0.2, 0) is 0 Å². The number of rotatable bonds is 0. The van der Waals surface area contributed by atoms with Crippen molar-refractivity contribution in [3.63, 3.8) is 0 Å². The maximum atomic E-state index is 0. The van der Waals surface area contributed by atoms with Crippen molar-refractivity contribution in [1.82, 2.24) is 0 Å². The molecule has 66 heteroatoms. The van der Waals surface area contributed by atoms with Crippen molar-refractivity contribution >= 4 is 0 Å². The van der Waals surface area contributed by atoms with Crippen LogP contribution >= 0.6 is 0 Å². The molecule has 0 aromatic carbocycles. The fourth-order valence-corrected chi connectivity index (χ4v) is 0.